The molecule has 0 radical (unpaired) electrons. The zero-order valence-electron chi connectivity index (χ0n) is 12.1. The molecule has 0 amide bonds. The molecule has 0 atom stereocenters. The molecule has 2 rings (SSSR count). The average Bonchev–Trinajstić information content (AvgIpc) is 2.41. The van der Waals surface area contributed by atoms with Crippen molar-refractivity contribution in [2.24, 2.45) is 0 Å². The molecular weight excluding hydrogens is 238 g/mol. The molecule has 1 fully saturated rings. The molecule has 106 valence electrons. The summed E-state index contributed by atoms with van der Waals surface area (Å²) >= 11 is 0. The standard InChI is InChI=1S/C16H25NO2/c1-13-5-3-6-16(14(13)2)19-12-4-9-17-10-7-15(18)8-11-17/h3,5-6,15,18H,4,7-12H2,1-2H3. The van der Waals surface area contributed by atoms with Crippen molar-refractivity contribution in [1.29, 1.82) is 0 Å². The number of aliphatic hydroxyl groups is 1. The Bertz CT molecular complexity index is 398. The van der Waals surface area contributed by atoms with Gasteiger partial charge < -0.3 is 14.7 Å². The first-order chi connectivity index (χ1) is 9.16. The van der Waals surface area contributed by atoms with Gasteiger partial charge in [-0.2, -0.15) is 0 Å². The fourth-order valence-corrected chi connectivity index (χ4v) is 2.49. The van der Waals surface area contributed by atoms with E-state index in [2.05, 4.69) is 24.8 Å². The maximum Gasteiger partial charge on any atom is 0.122 e. The molecule has 0 spiro atoms. The normalized spacial score (nSPS) is 17.6. The van der Waals surface area contributed by atoms with Gasteiger partial charge in [-0.1, -0.05) is 12.1 Å². The molecule has 3 heteroatoms. The Labute approximate surface area is 116 Å². The van der Waals surface area contributed by atoms with Crippen molar-refractivity contribution in [2.45, 2.75) is 39.2 Å². The summed E-state index contributed by atoms with van der Waals surface area (Å²) < 4.78 is 5.85. The van der Waals surface area contributed by atoms with Crippen molar-refractivity contribution in [3.8, 4) is 5.75 Å². The number of ether oxygens (including phenoxy) is 1. The number of nitrogens with zero attached hydrogens (tertiary/aromatic N) is 1. The van der Waals surface area contributed by atoms with Crippen LogP contribution in [0, 0.1) is 13.8 Å². The Hall–Kier alpha value is -1.06. The van der Waals surface area contributed by atoms with E-state index in [0.29, 0.717) is 0 Å². The van der Waals surface area contributed by atoms with E-state index in [-0.39, 0.29) is 6.10 Å². The number of rotatable bonds is 5. The lowest BCUT2D eigenvalue weighted by Gasteiger charge is -2.29. The first-order valence-electron chi connectivity index (χ1n) is 7.26. The number of hydrogen-bond donors (Lipinski definition) is 1. The highest BCUT2D eigenvalue weighted by Gasteiger charge is 2.16. The van der Waals surface area contributed by atoms with Crippen LogP contribution in [0.4, 0.5) is 0 Å². The van der Waals surface area contributed by atoms with Crippen molar-refractivity contribution in [3.63, 3.8) is 0 Å². The van der Waals surface area contributed by atoms with Crippen molar-refractivity contribution in [3.05, 3.63) is 29.3 Å². The Morgan fingerprint density at radius 1 is 1.26 bits per heavy atom. The maximum atomic E-state index is 9.45. The summed E-state index contributed by atoms with van der Waals surface area (Å²) in [6.45, 7) is 8.09. The van der Waals surface area contributed by atoms with Crippen LogP contribution < -0.4 is 4.74 Å². The van der Waals surface area contributed by atoms with Gasteiger partial charge in [0.25, 0.3) is 0 Å². The summed E-state index contributed by atoms with van der Waals surface area (Å²) in [4.78, 5) is 2.42. The van der Waals surface area contributed by atoms with E-state index in [1.54, 1.807) is 0 Å². The molecule has 1 saturated heterocycles. The predicted octanol–water partition coefficient (Wildman–Crippen LogP) is 2.53. The van der Waals surface area contributed by atoms with Gasteiger partial charge in [-0.15, -0.1) is 0 Å². The fraction of sp³-hybridized carbons (Fsp3) is 0.625. The summed E-state index contributed by atoms with van der Waals surface area (Å²) in [7, 11) is 0. The SMILES string of the molecule is Cc1cccc(OCCCN2CCC(O)CC2)c1C. The van der Waals surface area contributed by atoms with Gasteiger partial charge in [0.2, 0.25) is 0 Å². The lowest BCUT2D eigenvalue weighted by molar-refractivity contribution is 0.0800. The monoisotopic (exact) mass is 263 g/mol. The van der Waals surface area contributed by atoms with E-state index in [4.69, 9.17) is 4.74 Å². The molecule has 1 heterocycles. The van der Waals surface area contributed by atoms with Crippen molar-refractivity contribution in [2.75, 3.05) is 26.2 Å². The Morgan fingerprint density at radius 3 is 2.74 bits per heavy atom. The number of benzene rings is 1. The topological polar surface area (TPSA) is 32.7 Å². The molecule has 19 heavy (non-hydrogen) atoms. The highest BCUT2D eigenvalue weighted by Crippen LogP contribution is 2.20. The van der Waals surface area contributed by atoms with E-state index in [1.165, 1.54) is 11.1 Å². The van der Waals surface area contributed by atoms with E-state index >= 15 is 0 Å². The lowest BCUT2D eigenvalue weighted by Crippen LogP contribution is -2.36. The van der Waals surface area contributed by atoms with Gasteiger partial charge in [-0.3, -0.25) is 0 Å². The van der Waals surface area contributed by atoms with Crippen LogP contribution in [0.3, 0.4) is 0 Å². The summed E-state index contributed by atoms with van der Waals surface area (Å²) in [6, 6.07) is 6.20. The number of aryl methyl sites for hydroxylation is 1. The second kappa shape index (κ2) is 6.92. The van der Waals surface area contributed by atoms with E-state index in [1.807, 2.05) is 12.1 Å². The molecule has 1 aromatic carbocycles. The highest BCUT2D eigenvalue weighted by molar-refractivity contribution is 5.38. The van der Waals surface area contributed by atoms with E-state index in [0.717, 1.165) is 51.3 Å². The zero-order valence-corrected chi connectivity index (χ0v) is 12.1. The zero-order chi connectivity index (χ0) is 13.7. The van der Waals surface area contributed by atoms with Gasteiger partial charge in [0.15, 0.2) is 0 Å². The Morgan fingerprint density at radius 2 is 2.00 bits per heavy atom. The number of aliphatic hydroxyl groups excluding tert-OH is 1. The first-order valence-corrected chi connectivity index (χ1v) is 7.26. The Kier molecular flexibility index (Phi) is 5.23. The lowest BCUT2D eigenvalue weighted by atomic mass is 10.1. The number of hydrogen-bond acceptors (Lipinski definition) is 3. The van der Waals surface area contributed by atoms with Gasteiger partial charge in [-0.05, 0) is 50.3 Å². The van der Waals surface area contributed by atoms with Crippen LogP contribution in [0.1, 0.15) is 30.4 Å². The summed E-state index contributed by atoms with van der Waals surface area (Å²) in [5.41, 5.74) is 2.52. The van der Waals surface area contributed by atoms with Crippen LogP contribution in [0.25, 0.3) is 0 Å². The van der Waals surface area contributed by atoms with Crippen LogP contribution in [-0.2, 0) is 0 Å². The predicted molar refractivity (Wildman–Crippen MR) is 77.7 cm³/mol. The van der Waals surface area contributed by atoms with Crippen LogP contribution >= 0.6 is 0 Å². The fourth-order valence-electron chi connectivity index (χ4n) is 2.49. The van der Waals surface area contributed by atoms with Crippen LogP contribution in [-0.4, -0.2) is 42.4 Å². The molecule has 0 unspecified atom stereocenters. The van der Waals surface area contributed by atoms with Crippen molar-refractivity contribution in [1.82, 2.24) is 4.90 Å². The second-order valence-electron chi connectivity index (χ2n) is 5.47. The molecule has 0 aliphatic carbocycles. The second-order valence-corrected chi connectivity index (χ2v) is 5.47. The molecule has 1 aliphatic rings. The third kappa shape index (κ3) is 4.22. The van der Waals surface area contributed by atoms with Gasteiger partial charge in [-0.25, -0.2) is 0 Å². The average molecular weight is 263 g/mol. The van der Waals surface area contributed by atoms with Gasteiger partial charge in [0, 0.05) is 19.6 Å². The minimum absolute atomic E-state index is 0.0811. The largest absolute Gasteiger partial charge is 0.493 e. The molecule has 1 N–H and O–H groups in total. The number of piperidine rings is 1. The van der Waals surface area contributed by atoms with Crippen LogP contribution in [0.2, 0.25) is 0 Å². The maximum absolute atomic E-state index is 9.45. The molecule has 3 nitrogen and oxygen atoms in total. The Balaban J connectivity index is 1.68. The molecule has 1 aromatic rings. The van der Waals surface area contributed by atoms with Crippen LogP contribution in [0.5, 0.6) is 5.75 Å². The first kappa shape index (κ1) is 14.4. The third-order valence-electron chi connectivity index (χ3n) is 3.99. The minimum Gasteiger partial charge on any atom is -0.493 e. The molecule has 1 aliphatic heterocycles. The van der Waals surface area contributed by atoms with Crippen molar-refractivity contribution < 1.29 is 9.84 Å². The molecule has 0 saturated carbocycles. The van der Waals surface area contributed by atoms with Crippen LogP contribution in [0.15, 0.2) is 18.2 Å². The smallest absolute Gasteiger partial charge is 0.122 e. The molecule has 0 bridgehead atoms. The van der Waals surface area contributed by atoms with Gasteiger partial charge in [0.1, 0.15) is 5.75 Å². The van der Waals surface area contributed by atoms with Crippen molar-refractivity contribution >= 4 is 0 Å². The van der Waals surface area contributed by atoms with E-state index in [9.17, 15) is 5.11 Å². The van der Waals surface area contributed by atoms with E-state index < -0.39 is 0 Å². The minimum atomic E-state index is -0.0811. The quantitative estimate of drug-likeness (QED) is 0.829. The van der Waals surface area contributed by atoms with Gasteiger partial charge >= 0.3 is 0 Å². The summed E-state index contributed by atoms with van der Waals surface area (Å²) in [5, 5.41) is 9.45. The summed E-state index contributed by atoms with van der Waals surface area (Å²) in [6.07, 6.45) is 2.79. The third-order valence-corrected chi connectivity index (χ3v) is 3.99. The summed E-state index contributed by atoms with van der Waals surface area (Å²) in [5.74, 6) is 1.01. The highest BCUT2D eigenvalue weighted by atomic mass is 16.5. The molecule has 0 aromatic heterocycles. The van der Waals surface area contributed by atoms with Gasteiger partial charge in [0.05, 0.1) is 12.7 Å². The molecular formula is C16H25NO2. The number of likely N-dealkylation sites (tertiary alicyclic amines) is 1.